The van der Waals surface area contributed by atoms with E-state index in [2.05, 4.69) is 0 Å². The van der Waals surface area contributed by atoms with Gasteiger partial charge in [-0.2, -0.15) is 0 Å². The SMILES string of the molecule is O=C1CCCC2CCCCC12F. The van der Waals surface area contributed by atoms with Crippen LogP contribution in [0.25, 0.3) is 0 Å². The molecule has 0 N–H and O–H groups in total. The number of fused-ring (bicyclic) bond motifs is 1. The lowest BCUT2D eigenvalue weighted by Crippen LogP contribution is -2.46. The molecule has 12 heavy (non-hydrogen) atoms. The van der Waals surface area contributed by atoms with E-state index in [4.69, 9.17) is 0 Å². The molecule has 0 spiro atoms. The number of hydrogen-bond acceptors (Lipinski definition) is 1. The van der Waals surface area contributed by atoms with Gasteiger partial charge in [0.05, 0.1) is 0 Å². The lowest BCUT2D eigenvalue weighted by atomic mass is 9.68. The molecule has 0 bridgehead atoms. The third-order valence-corrected chi connectivity index (χ3v) is 3.41. The zero-order chi connectivity index (χ0) is 8.60. The number of rotatable bonds is 0. The second-order valence-corrected chi connectivity index (χ2v) is 4.12. The molecule has 2 aliphatic carbocycles. The highest BCUT2D eigenvalue weighted by molar-refractivity contribution is 5.88. The molecule has 0 aromatic rings. The third kappa shape index (κ3) is 1.08. The van der Waals surface area contributed by atoms with Crippen molar-refractivity contribution in [1.29, 1.82) is 0 Å². The van der Waals surface area contributed by atoms with Gasteiger partial charge in [-0.15, -0.1) is 0 Å². The summed E-state index contributed by atoms with van der Waals surface area (Å²) in [5.41, 5.74) is -1.41. The fourth-order valence-corrected chi connectivity index (χ4v) is 2.66. The summed E-state index contributed by atoms with van der Waals surface area (Å²) in [5.74, 6) is -0.0500. The first-order valence-electron chi connectivity index (χ1n) is 4.96. The van der Waals surface area contributed by atoms with Gasteiger partial charge in [0.2, 0.25) is 0 Å². The molecule has 0 saturated heterocycles. The van der Waals surface area contributed by atoms with Crippen molar-refractivity contribution in [2.24, 2.45) is 5.92 Å². The topological polar surface area (TPSA) is 17.1 Å². The molecule has 0 aromatic carbocycles. The monoisotopic (exact) mass is 170 g/mol. The van der Waals surface area contributed by atoms with Gasteiger partial charge in [0.1, 0.15) is 0 Å². The lowest BCUT2D eigenvalue weighted by molar-refractivity contribution is -0.140. The Kier molecular flexibility index (Phi) is 1.93. The van der Waals surface area contributed by atoms with E-state index in [1.807, 2.05) is 0 Å². The van der Waals surface area contributed by atoms with Crippen LogP contribution in [0.2, 0.25) is 0 Å². The molecule has 0 amide bonds. The van der Waals surface area contributed by atoms with Crippen LogP contribution in [-0.4, -0.2) is 11.5 Å². The highest BCUT2D eigenvalue weighted by Crippen LogP contribution is 2.44. The van der Waals surface area contributed by atoms with Crippen LogP contribution >= 0.6 is 0 Å². The number of alkyl halides is 1. The molecule has 2 rings (SSSR count). The van der Waals surface area contributed by atoms with E-state index in [9.17, 15) is 9.18 Å². The molecule has 1 nitrogen and oxygen atoms in total. The number of ketones is 1. The molecular weight excluding hydrogens is 155 g/mol. The van der Waals surface area contributed by atoms with Gasteiger partial charge in [0, 0.05) is 12.3 Å². The van der Waals surface area contributed by atoms with Gasteiger partial charge in [-0.3, -0.25) is 4.79 Å². The highest BCUT2D eigenvalue weighted by Gasteiger charge is 2.48. The number of hydrogen-bond donors (Lipinski definition) is 0. The van der Waals surface area contributed by atoms with Crippen LogP contribution in [0, 0.1) is 5.92 Å². The minimum atomic E-state index is -1.41. The van der Waals surface area contributed by atoms with Crippen molar-refractivity contribution in [3.05, 3.63) is 0 Å². The van der Waals surface area contributed by atoms with Gasteiger partial charge >= 0.3 is 0 Å². The Labute approximate surface area is 72.3 Å². The van der Waals surface area contributed by atoms with Crippen LogP contribution in [0.4, 0.5) is 4.39 Å². The van der Waals surface area contributed by atoms with E-state index in [-0.39, 0.29) is 11.7 Å². The van der Waals surface area contributed by atoms with Crippen molar-refractivity contribution in [3.63, 3.8) is 0 Å². The maximum Gasteiger partial charge on any atom is 0.171 e. The van der Waals surface area contributed by atoms with Crippen LogP contribution in [0.5, 0.6) is 0 Å². The molecule has 0 aromatic heterocycles. The Balaban J connectivity index is 2.20. The number of carbonyl (C=O) groups excluding carboxylic acids is 1. The normalized spacial score (nSPS) is 42.4. The van der Waals surface area contributed by atoms with Crippen LogP contribution in [-0.2, 0) is 4.79 Å². The molecular formula is C10H15FO. The van der Waals surface area contributed by atoms with Gasteiger partial charge in [-0.1, -0.05) is 6.42 Å². The first-order valence-corrected chi connectivity index (χ1v) is 4.96. The zero-order valence-corrected chi connectivity index (χ0v) is 7.31. The third-order valence-electron chi connectivity index (χ3n) is 3.41. The zero-order valence-electron chi connectivity index (χ0n) is 7.31. The maximum absolute atomic E-state index is 14.1. The summed E-state index contributed by atoms with van der Waals surface area (Å²) in [6.07, 6.45) is 5.77. The molecule has 0 aliphatic heterocycles. The summed E-state index contributed by atoms with van der Waals surface area (Å²) in [7, 11) is 0. The minimum absolute atomic E-state index is 0.0625. The number of Topliss-reactive ketones (excluding diaryl/α,β-unsaturated/α-hetero) is 1. The van der Waals surface area contributed by atoms with Gasteiger partial charge < -0.3 is 0 Å². The van der Waals surface area contributed by atoms with Crippen LogP contribution in [0.1, 0.15) is 44.9 Å². The summed E-state index contributed by atoms with van der Waals surface area (Å²) in [5, 5.41) is 0. The molecule has 2 heteroatoms. The van der Waals surface area contributed by atoms with Crippen molar-refractivity contribution in [1.82, 2.24) is 0 Å². The predicted molar refractivity (Wildman–Crippen MR) is 44.7 cm³/mol. The lowest BCUT2D eigenvalue weighted by Gasteiger charge is -2.39. The molecule has 2 atom stereocenters. The van der Waals surface area contributed by atoms with Gasteiger partial charge in [0.25, 0.3) is 0 Å². The largest absolute Gasteiger partial charge is 0.296 e. The minimum Gasteiger partial charge on any atom is -0.296 e. The van der Waals surface area contributed by atoms with Crippen molar-refractivity contribution in [2.45, 2.75) is 50.6 Å². The second kappa shape index (κ2) is 2.82. The first-order chi connectivity index (χ1) is 5.73. The Morgan fingerprint density at radius 3 is 2.75 bits per heavy atom. The smallest absolute Gasteiger partial charge is 0.171 e. The van der Waals surface area contributed by atoms with E-state index in [1.165, 1.54) is 0 Å². The average molecular weight is 170 g/mol. The molecule has 68 valence electrons. The Hall–Kier alpha value is -0.400. The van der Waals surface area contributed by atoms with Crippen molar-refractivity contribution in [3.8, 4) is 0 Å². The number of carbonyl (C=O) groups is 1. The summed E-state index contributed by atoms with van der Waals surface area (Å²) < 4.78 is 14.1. The average Bonchev–Trinajstić information content (AvgIpc) is 2.07. The van der Waals surface area contributed by atoms with E-state index >= 15 is 0 Å². The summed E-state index contributed by atoms with van der Waals surface area (Å²) in [4.78, 5) is 11.4. The van der Waals surface area contributed by atoms with E-state index in [1.54, 1.807) is 0 Å². The van der Waals surface area contributed by atoms with E-state index in [0.717, 1.165) is 32.1 Å². The molecule has 2 unspecified atom stereocenters. The summed E-state index contributed by atoms with van der Waals surface area (Å²) in [6.45, 7) is 0. The second-order valence-electron chi connectivity index (χ2n) is 4.12. The maximum atomic E-state index is 14.1. The van der Waals surface area contributed by atoms with Gasteiger partial charge in [0.15, 0.2) is 11.5 Å². The standard InChI is InChI=1S/C10H15FO/c11-10-7-2-1-4-8(10)5-3-6-9(10)12/h8H,1-7H2. The van der Waals surface area contributed by atoms with Crippen LogP contribution < -0.4 is 0 Å². The van der Waals surface area contributed by atoms with E-state index in [0.29, 0.717) is 12.8 Å². The molecule has 2 aliphatic rings. The van der Waals surface area contributed by atoms with Crippen molar-refractivity contribution >= 4 is 5.78 Å². The molecule has 2 fully saturated rings. The summed E-state index contributed by atoms with van der Waals surface area (Å²) in [6, 6.07) is 0. The Bertz CT molecular complexity index is 200. The Morgan fingerprint density at radius 2 is 2.00 bits per heavy atom. The Morgan fingerprint density at radius 1 is 1.25 bits per heavy atom. The fourth-order valence-electron chi connectivity index (χ4n) is 2.66. The molecule has 2 saturated carbocycles. The van der Waals surface area contributed by atoms with Gasteiger partial charge in [-0.25, -0.2) is 4.39 Å². The van der Waals surface area contributed by atoms with Crippen LogP contribution in [0.3, 0.4) is 0 Å². The van der Waals surface area contributed by atoms with Crippen LogP contribution in [0.15, 0.2) is 0 Å². The van der Waals surface area contributed by atoms with Gasteiger partial charge in [-0.05, 0) is 32.1 Å². The first kappa shape index (κ1) is 8.21. The predicted octanol–water partition coefficient (Wildman–Crippen LogP) is 2.64. The van der Waals surface area contributed by atoms with Crippen molar-refractivity contribution < 1.29 is 9.18 Å². The summed E-state index contributed by atoms with van der Waals surface area (Å²) >= 11 is 0. The number of halogens is 1. The highest BCUT2D eigenvalue weighted by atomic mass is 19.1. The fraction of sp³-hybridized carbons (Fsp3) is 0.900. The molecule has 0 radical (unpaired) electrons. The molecule has 0 heterocycles. The quantitative estimate of drug-likeness (QED) is 0.546. The van der Waals surface area contributed by atoms with Crippen molar-refractivity contribution in [2.75, 3.05) is 0 Å². The van der Waals surface area contributed by atoms with E-state index < -0.39 is 5.67 Å².